The van der Waals surface area contributed by atoms with Crippen molar-refractivity contribution in [3.8, 4) is 11.5 Å². The minimum atomic E-state index is -0.0765. The van der Waals surface area contributed by atoms with Gasteiger partial charge in [-0.3, -0.25) is 4.79 Å². The molecular weight excluding hydrogens is 412 g/mol. The van der Waals surface area contributed by atoms with E-state index in [0.29, 0.717) is 24.6 Å². The van der Waals surface area contributed by atoms with Gasteiger partial charge in [-0.05, 0) is 63.6 Å². The predicted molar refractivity (Wildman–Crippen MR) is 99.9 cm³/mol. The van der Waals surface area contributed by atoms with Crippen LogP contribution < -0.4 is 0 Å². The summed E-state index contributed by atoms with van der Waals surface area (Å²) in [6.07, 6.45) is 1.84. The summed E-state index contributed by atoms with van der Waals surface area (Å²) in [5.74, 6) is 0.553. The van der Waals surface area contributed by atoms with E-state index in [4.69, 9.17) is 0 Å². The van der Waals surface area contributed by atoms with Gasteiger partial charge in [-0.2, -0.15) is 5.10 Å². The molecule has 1 aliphatic heterocycles. The summed E-state index contributed by atoms with van der Waals surface area (Å²) in [4.78, 5) is 15.0. The molecule has 1 amide bonds. The van der Waals surface area contributed by atoms with Gasteiger partial charge in [0.05, 0.1) is 17.3 Å². The van der Waals surface area contributed by atoms with Gasteiger partial charge >= 0.3 is 0 Å². The molecule has 136 valence electrons. The molecule has 4 aromatic rings. The van der Waals surface area contributed by atoms with Gasteiger partial charge < -0.3 is 9.47 Å². The number of carbonyl (C=O) groups is 1. The number of hydrogen-bond acceptors (Lipinski definition) is 5. The van der Waals surface area contributed by atoms with Crippen molar-refractivity contribution in [2.75, 3.05) is 6.54 Å². The molecule has 0 saturated heterocycles. The maximum absolute atomic E-state index is 13.1. The van der Waals surface area contributed by atoms with Gasteiger partial charge in [0.15, 0.2) is 11.5 Å². The average Bonchev–Trinajstić information content (AvgIpc) is 3.39. The number of amides is 1. The Morgan fingerprint density at radius 1 is 1.26 bits per heavy atom. The van der Waals surface area contributed by atoms with E-state index in [-0.39, 0.29) is 11.9 Å². The molecule has 5 rings (SSSR count). The quantitative estimate of drug-likeness (QED) is 0.530. The third-order valence-corrected chi connectivity index (χ3v) is 5.44. The average molecular weight is 427 g/mol. The third-order valence-electron chi connectivity index (χ3n) is 4.97. The number of aromatic nitrogens is 7. The first-order valence-electron chi connectivity index (χ1n) is 8.51. The highest BCUT2D eigenvalue weighted by Crippen LogP contribution is 2.31. The van der Waals surface area contributed by atoms with Crippen molar-refractivity contribution < 1.29 is 4.79 Å². The molecular formula is C17H15BrN8O. The number of tetrazole rings is 1. The maximum Gasteiger partial charge on any atom is 0.275 e. The Bertz CT molecular complexity index is 1150. The smallest absolute Gasteiger partial charge is 0.275 e. The Kier molecular flexibility index (Phi) is 3.61. The molecule has 0 aromatic carbocycles. The van der Waals surface area contributed by atoms with Crippen LogP contribution in [0.1, 0.15) is 29.1 Å². The number of carbonyl (C=O) groups excluding carboxylic acids is 1. The van der Waals surface area contributed by atoms with Crippen molar-refractivity contribution in [2.24, 2.45) is 0 Å². The maximum atomic E-state index is 13.1. The van der Waals surface area contributed by atoms with Crippen LogP contribution >= 0.6 is 15.9 Å². The van der Waals surface area contributed by atoms with E-state index in [1.165, 1.54) is 0 Å². The van der Waals surface area contributed by atoms with Gasteiger partial charge in [-0.1, -0.05) is 0 Å². The molecule has 1 aliphatic rings. The summed E-state index contributed by atoms with van der Waals surface area (Å²) in [6, 6.07) is 9.60. The van der Waals surface area contributed by atoms with E-state index in [9.17, 15) is 4.79 Å². The van der Waals surface area contributed by atoms with Gasteiger partial charge in [0.1, 0.15) is 0 Å². The number of aromatic amines is 1. The second-order valence-electron chi connectivity index (χ2n) is 6.47. The van der Waals surface area contributed by atoms with Gasteiger partial charge in [0.25, 0.3) is 5.91 Å². The lowest BCUT2D eigenvalue weighted by molar-refractivity contribution is 0.0638. The molecule has 4 aromatic heterocycles. The van der Waals surface area contributed by atoms with E-state index < -0.39 is 0 Å². The molecule has 10 heteroatoms. The molecule has 0 aliphatic carbocycles. The molecule has 0 saturated carbocycles. The summed E-state index contributed by atoms with van der Waals surface area (Å²) in [7, 11) is 0. The second-order valence-corrected chi connectivity index (χ2v) is 7.38. The van der Waals surface area contributed by atoms with Crippen molar-refractivity contribution in [3.05, 3.63) is 52.4 Å². The van der Waals surface area contributed by atoms with Gasteiger partial charge in [0, 0.05) is 29.5 Å². The Morgan fingerprint density at radius 2 is 2.15 bits per heavy atom. The number of H-pyrrole nitrogens is 1. The minimum Gasteiger partial charge on any atom is -0.338 e. The summed E-state index contributed by atoms with van der Waals surface area (Å²) in [5, 5.41) is 18.5. The Balaban J connectivity index is 1.47. The Morgan fingerprint density at radius 3 is 2.96 bits per heavy atom. The van der Waals surface area contributed by atoms with Crippen LogP contribution in [0.25, 0.3) is 17.0 Å². The molecule has 0 bridgehead atoms. The van der Waals surface area contributed by atoms with Crippen molar-refractivity contribution >= 4 is 27.4 Å². The number of halogens is 1. The predicted octanol–water partition coefficient (Wildman–Crippen LogP) is 2.30. The zero-order chi connectivity index (χ0) is 18.5. The normalized spacial score (nSPS) is 16.7. The fraction of sp³-hybridized carbons (Fsp3) is 0.235. The molecule has 27 heavy (non-hydrogen) atoms. The highest BCUT2D eigenvalue weighted by atomic mass is 79.9. The van der Waals surface area contributed by atoms with Crippen LogP contribution in [0.3, 0.4) is 0 Å². The fourth-order valence-electron chi connectivity index (χ4n) is 3.62. The third kappa shape index (κ3) is 2.55. The molecule has 0 radical (unpaired) electrons. The summed E-state index contributed by atoms with van der Waals surface area (Å²) in [5.41, 5.74) is 3.30. The SMILES string of the molecule is CC1c2ccc(-c3nnn[nH]3)n2CCN1C(=O)c1cc2ccc(Br)cn2n1. The fourth-order valence-corrected chi connectivity index (χ4v) is 3.95. The van der Waals surface area contributed by atoms with Crippen molar-refractivity contribution in [2.45, 2.75) is 19.5 Å². The zero-order valence-corrected chi connectivity index (χ0v) is 16.0. The summed E-state index contributed by atoms with van der Waals surface area (Å²) >= 11 is 3.43. The molecule has 0 spiro atoms. The van der Waals surface area contributed by atoms with E-state index in [2.05, 4.69) is 46.2 Å². The molecule has 1 atom stereocenters. The Labute approximate surface area is 162 Å². The van der Waals surface area contributed by atoms with Gasteiger partial charge in [0.2, 0.25) is 0 Å². The number of hydrogen-bond donors (Lipinski definition) is 1. The molecule has 1 N–H and O–H groups in total. The topological polar surface area (TPSA) is 97.0 Å². The lowest BCUT2D eigenvalue weighted by Crippen LogP contribution is -2.41. The highest BCUT2D eigenvalue weighted by molar-refractivity contribution is 9.10. The second kappa shape index (κ2) is 6.02. The first kappa shape index (κ1) is 16.2. The largest absolute Gasteiger partial charge is 0.338 e. The van der Waals surface area contributed by atoms with E-state index >= 15 is 0 Å². The van der Waals surface area contributed by atoms with Gasteiger partial charge in [-0.25, -0.2) is 9.61 Å². The van der Waals surface area contributed by atoms with Crippen LogP contribution in [0.4, 0.5) is 0 Å². The van der Waals surface area contributed by atoms with E-state index in [0.717, 1.165) is 21.4 Å². The monoisotopic (exact) mass is 426 g/mol. The number of nitrogens with zero attached hydrogens (tertiary/aromatic N) is 7. The van der Waals surface area contributed by atoms with Crippen LogP contribution in [0.2, 0.25) is 0 Å². The molecule has 9 nitrogen and oxygen atoms in total. The Hall–Kier alpha value is -3.01. The zero-order valence-electron chi connectivity index (χ0n) is 14.4. The first-order valence-corrected chi connectivity index (χ1v) is 9.30. The van der Waals surface area contributed by atoms with E-state index in [1.54, 1.807) is 4.52 Å². The first-order chi connectivity index (χ1) is 13.1. The summed E-state index contributed by atoms with van der Waals surface area (Å²) < 4.78 is 4.77. The van der Waals surface area contributed by atoms with E-state index in [1.807, 2.05) is 48.4 Å². The van der Waals surface area contributed by atoms with Crippen LogP contribution in [-0.4, -0.2) is 52.2 Å². The van der Waals surface area contributed by atoms with Crippen LogP contribution in [0, 0.1) is 0 Å². The van der Waals surface area contributed by atoms with Crippen molar-refractivity contribution in [1.29, 1.82) is 0 Å². The number of nitrogens with one attached hydrogen (secondary N) is 1. The number of rotatable bonds is 2. The molecule has 1 unspecified atom stereocenters. The number of pyridine rings is 1. The van der Waals surface area contributed by atoms with Gasteiger partial charge in [-0.15, -0.1) is 5.10 Å². The van der Waals surface area contributed by atoms with Crippen molar-refractivity contribution in [1.82, 2.24) is 39.7 Å². The minimum absolute atomic E-state index is 0.0716. The molecule has 5 heterocycles. The standard InChI is InChI=1S/C17H15BrN8O/c1-10-14-4-5-15(16-19-22-23-20-16)25(14)7-6-24(10)17(27)13-8-12-3-2-11(18)9-26(12)21-13/h2-5,8-10H,6-7H2,1H3,(H,19,20,22,23). The lowest BCUT2D eigenvalue weighted by atomic mass is 10.1. The number of fused-ring (bicyclic) bond motifs is 2. The van der Waals surface area contributed by atoms with Crippen LogP contribution in [0.15, 0.2) is 41.0 Å². The van der Waals surface area contributed by atoms with Crippen molar-refractivity contribution in [3.63, 3.8) is 0 Å². The van der Waals surface area contributed by atoms with Crippen LogP contribution in [0.5, 0.6) is 0 Å². The summed E-state index contributed by atoms with van der Waals surface area (Å²) in [6.45, 7) is 3.29. The van der Waals surface area contributed by atoms with Crippen LogP contribution in [-0.2, 0) is 6.54 Å². The highest BCUT2D eigenvalue weighted by Gasteiger charge is 2.31. The lowest BCUT2D eigenvalue weighted by Gasteiger charge is -2.35. The molecule has 0 fully saturated rings.